The van der Waals surface area contributed by atoms with Crippen LogP contribution in [-0.2, 0) is 4.79 Å². The maximum absolute atomic E-state index is 12.8. The van der Waals surface area contributed by atoms with Gasteiger partial charge in [-0.3, -0.25) is 14.6 Å². The molecule has 0 aliphatic rings. The summed E-state index contributed by atoms with van der Waals surface area (Å²) in [6, 6.07) is 7.77. The molecule has 2 rings (SSSR count). The van der Waals surface area contributed by atoms with Crippen LogP contribution in [0.4, 0.5) is 10.1 Å². The molecule has 0 fully saturated rings. The topological polar surface area (TPSA) is 71.1 Å². The van der Waals surface area contributed by atoms with Crippen LogP contribution in [0.2, 0.25) is 0 Å². The molecule has 21 heavy (non-hydrogen) atoms. The first-order chi connectivity index (χ1) is 10.1. The molecule has 2 aromatic rings. The predicted octanol–water partition coefficient (Wildman–Crippen LogP) is 1.98. The van der Waals surface area contributed by atoms with Crippen molar-refractivity contribution in [1.82, 2.24) is 10.3 Å². The van der Waals surface area contributed by atoms with Crippen molar-refractivity contribution >= 4 is 17.5 Å². The lowest BCUT2D eigenvalue weighted by Crippen LogP contribution is -2.41. The molecule has 0 saturated carbocycles. The molecular formula is C15H14FN3O2. The Labute approximate surface area is 121 Å². The number of amides is 2. The molecule has 5 nitrogen and oxygen atoms in total. The summed E-state index contributed by atoms with van der Waals surface area (Å²) in [6.45, 7) is 1.57. The van der Waals surface area contributed by atoms with Gasteiger partial charge in [-0.2, -0.15) is 0 Å². The Morgan fingerprint density at radius 3 is 2.33 bits per heavy atom. The van der Waals surface area contributed by atoms with Gasteiger partial charge in [0.05, 0.1) is 0 Å². The second-order valence-corrected chi connectivity index (χ2v) is 4.43. The van der Waals surface area contributed by atoms with Crippen molar-refractivity contribution in [3.05, 3.63) is 60.2 Å². The van der Waals surface area contributed by atoms with Gasteiger partial charge in [-0.15, -0.1) is 0 Å². The summed E-state index contributed by atoms with van der Waals surface area (Å²) in [7, 11) is 0. The quantitative estimate of drug-likeness (QED) is 0.903. The summed E-state index contributed by atoms with van der Waals surface area (Å²) in [5.41, 5.74) is 0.887. The average molecular weight is 287 g/mol. The summed E-state index contributed by atoms with van der Waals surface area (Å²) < 4.78 is 12.8. The predicted molar refractivity (Wildman–Crippen MR) is 76.2 cm³/mol. The minimum Gasteiger partial charge on any atom is -0.341 e. The van der Waals surface area contributed by atoms with E-state index in [0.29, 0.717) is 11.3 Å². The van der Waals surface area contributed by atoms with Gasteiger partial charge in [0.1, 0.15) is 11.9 Å². The van der Waals surface area contributed by atoms with E-state index in [-0.39, 0.29) is 17.6 Å². The second-order valence-electron chi connectivity index (χ2n) is 4.43. The van der Waals surface area contributed by atoms with Crippen LogP contribution >= 0.6 is 0 Å². The van der Waals surface area contributed by atoms with E-state index in [1.807, 2.05) is 0 Å². The second kappa shape index (κ2) is 6.60. The van der Waals surface area contributed by atoms with Crippen LogP contribution in [0.25, 0.3) is 0 Å². The largest absolute Gasteiger partial charge is 0.341 e. The molecule has 0 aliphatic carbocycles. The van der Waals surface area contributed by atoms with Gasteiger partial charge in [-0.05, 0) is 43.3 Å². The molecule has 1 aromatic heterocycles. The van der Waals surface area contributed by atoms with E-state index in [0.717, 1.165) is 0 Å². The number of aromatic nitrogens is 1. The zero-order valence-electron chi connectivity index (χ0n) is 11.3. The average Bonchev–Trinajstić information content (AvgIpc) is 2.50. The van der Waals surface area contributed by atoms with E-state index in [4.69, 9.17) is 0 Å². The number of rotatable bonds is 4. The number of carbonyl (C=O) groups excluding carboxylic acids is 2. The lowest BCUT2D eigenvalue weighted by atomic mass is 10.2. The minimum atomic E-state index is -0.726. The summed E-state index contributed by atoms with van der Waals surface area (Å²) >= 11 is 0. The molecule has 1 aromatic carbocycles. The van der Waals surface area contributed by atoms with Crippen molar-refractivity contribution in [1.29, 1.82) is 0 Å². The van der Waals surface area contributed by atoms with Gasteiger partial charge >= 0.3 is 0 Å². The zero-order valence-corrected chi connectivity index (χ0v) is 11.3. The third-order valence-electron chi connectivity index (χ3n) is 2.80. The van der Waals surface area contributed by atoms with Crippen LogP contribution in [-0.4, -0.2) is 22.8 Å². The summed E-state index contributed by atoms with van der Waals surface area (Å²) in [5.74, 6) is -1.13. The molecule has 0 bridgehead atoms. The highest BCUT2D eigenvalue weighted by atomic mass is 19.1. The molecule has 2 amide bonds. The van der Waals surface area contributed by atoms with Crippen LogP contribution in [0.15, 0.2) is 48.8 Å². The standard InChI is InChI=1S/C15H14FN3O2/c1-10(18-15(21)11-6-8-17-9-7-11)14(20)19-13-4-2-12(16)3-5-13/h2-10H,1H3,(H,18,21)(H,19,20)/t10-/m1/s1. The molecule has 0 saturated heterocycles. The smallest absolute Gasteiger partial charge is 0.252 e. The third kappa shape index (κ3) is 4.10. The Balaban J connectivity index is 1.93. The molecule has 2 N–H and O–H groups in total. The Bertz CT molecular complexity index is 629. The molecule has 0 spiro atoms. The molecule has 0 unspecified atom stereocenters. The van der Waals surface area contributed by atoms with Gasteiger partial charge in [0.15, 0.2) is 0 Å². The Morgan fingerprint density at radius 1 is 1.10 bits per heavy atom. The number of halogens is 1. The van der Waals surface area contributed by atoms with Gasteiger partial charge in [0.25, 0.3) is 5.91 Å². The maximum atomic E-state index is 12.8. The van der Waals surface area contributed by atoms with Crippen molar-refractivity contribution in [2.24, 2.45) is 0 Å². The maximum Gasteiger partial charge on any atom is 0.252 e. The molecule has 6 heteroatoms. The van der Waals surface area contributed by atoms with Crippen LogP contribution in [0.1, 0.15) is 17.3 Å². The number of hydrogen-bond acceptors (Lipinski definition) is 3. The van der Waals surface area contributed by atoms with Gasteiger partial charge in [0, 0.05) is 23.6 Å². The number of nitrogens with zero attached hydrogens (tertiary/aromatic N) is 1. The fourth-order valence-electron chi connectivity index (χ4n) is 1.63. The highest BCUT2D eigenvalue weighted by molar-refractivity contribution is 6.00. The Hall–Kier alpha value is -2.76. The number of anilines is 1. The van der Waals surface area contributed by atoms with Gasteiger partial charge in [0.2, 0.25) is 5.91 Å². The van der Waals surface area contributed by atoms with Crippen molar-refractivity contribution < 1.29 is 14.0 Å². The van der Waals surface area contributed by atoms with Crippen molar-refractivity contribution in [3.63, 3.8) is 0 Å². The van der Waals surface area contributed by atoms with Crippen LogP contribution in [0.3, 0.4) is 0 Å². The Kier molecular flexibility index (Phi) is 4.61. The molecule has 0 radical (unpaired) electrons. The molecule has 0 aliphatic heterocycles. The van der Waals surface area contributed by atoms with Crippen molar-refractivity contribution in [2.45, 2.75) is 13.0 Å². The Morgan fingerprint density at radius 2 is 1.71 bits per heavy atom. The SMILES string of the molecule is C[C@@H](NC(=O)c1ccncc1)C(=O)Nc1ccc(F)cc1. The van der Waals surface area contributed by atoms with Gasteiger partial charge in [-0.25, -0.2) is 4.39 Å². The van der Waals surface area contributed by atoms with Gasteiger partial charge < -0.3 is 10.6 Å². The number of nitrogens with one attached hydrogen (secondary N) is 2. The van der Waals surface area contributed by atoms with Gasteiger partial charge in [-0.1, -0.05) is 0 Å². The number of hydrogen-bond donors (Lipinski definition) is 2. The molecular weight excluding hydrogens is 273 g/mol. The summed E-state index contributed by atoms with van der Waals surface area (Å²) in [6.07, 6.45) is 3.00. The minimum absolute atomic E-state index is 0.362. The highest BCUT2D eigenvalue weighted by Gasteiger charge is 2.16. The lowest BCUT2D eigenvalue weighted by molar-refractivity contribution is -0.117. The number of benzene rings is 1. The molecule has 1 atom stereocenters. The fraction of sp³-hybridized carbons (Fsp3) is 0.133. The lowest BCUT2D eigenvalue weighted by Gasteiger charge is -2.14. The zero-order chi connectivity index (χ0) is 15.2. The monoisotopic (exact) mass is 287 g/mol. The van der Waals surface area contributed by atoms with Crippen LogP contribution in [0, 0.1) is 5.82 Å². The van der Waals surface area contributed by atoms with E-state index in [1.165, 1.54) is 36.7 Å². The molecule has 1 heterocycles. The number of carbonyl (C=O) groups is 2. The van der Waals surface area contributed by atoms with Crippen LogP contribution < -0.4 is 10.6 Å². The normalized spacial score (nSPS) is 11.5. The molecule has 108 valence electrons. The fourth-order valence-corrected chi connectivity index (χ4v) is 1.63. The van der Waals surface area contributed by atoms with Crippen molar-refractivity contribution in [3.8, 4) is 0 Å². The first kappa shape index (κ1) is 14.6. The first-order valence-electron chi connectivity index (χ1n) is 6.33. The summed E-state index contributed by atoms with van der Waals surface area (Å²) in [4.78, 5) is 27.6. The van der Waals surface area contributed by atoms with E-state index in [1.54, 1.807) is 19.1 Å². The number of pyridine rings is 1. The first-order valence-corrected chi connectivity index (χ1v) is 6.33. The highest BCUT2D eigenvalue weighted by Crippen LogP contribution is 2.08. The van der Waals surface area contributed by atoms with Crippen LogP contribution in [0.5, 0.6) is 0 Å². The van der Waals surface area contributed by atoms with E-state index >= 15 is 0 Å². The van der Waals surface area contributed by atoms with E-state index in [9.17, 15) is 14.0 Å². The van der Waals surface area contributed by atoms with Crippen molar-refractivity contribution in [2.75, 3.05) is 5.32 Å². The third-order valence-corrected chi connectivity index (χ3v) is 2.80. The van der Waals surface area contributed by atoms with E-state index in [2.05, 4.69) is 15.6 Å². The van der Waals surface area contributed by atoms with E-state index < -0.39 is 6.04 Å². The summed E-state index contributed by atoms with van der Waals surface area (Å²) in [5, 5.41) is 5.17.